The number of nitrogens with zero attached hydrogens (tertiary/aromatic N) is 1. The molecular weight excluding hydrogens is 414 g/mol. The van der Waals surface area contributed by atoms with Gasteiger partial charge in [-0.25, -0.2) is 0 Å². The van der Waals surface area contributed by atoms with E-state index in [-0.39, 0.29) is 21.1 Å². The molecule has 4 heteroatoms. The van der Waals surface area contributed by atoms with E-state index in [9.17, 15) is 0 Å². The van der Waals surface area contributed by atoms with Crippen LogP contribution in [0.25, 0.3) is 0 Å². The summed E-state index contributed by atoms with van der Waals surface area (Å²) in [5.74, 6) is 0. The summed E-state index contributed by atoms with van der Waals surface area (Å²) in [6.45, 7) is 3.39. The standard InChI is InChI=1S/C20H39NS2.Mo/c1-2-3-4-5-6-7-8-9-10-11-15-18-21(20(22)23)19-16-13-12-14-17-19;/h19H,2-18H2,1H3,(H,22,23);/p-1. The SMILES string of the molecule is CCCCCCCCCCCCCN(C(=S)[S-])C1CCCCC1.[Mo]. The first-order valence-corrected chi connectivity index (χ1v) is 11.0. The Labute approximate surface area is 176 Å². The molecule has 0 aromatic heterocycles. The van der Waals surface area contributed by atoms with E-state index in [4.69, 9.17) is 24.8 Å². The number of unbranched alkanes of at least 4 members (excludes halogenated alkanes) is 10. The molecular formula is C20H38MoNS2-. The monoisotopic (exact) mass is 454 g/mol. The van der Waals surface area contributed by atoms with E-state index < -0.39 is 0 Å². The van der Waals surface area contributed by atoms with E-state index in [2.05, 4.69) is 11.8 Å². The minimum atomic E-state index is 0. The second-order valence-corrected chi connectivity index (χ2v) is 8.32. The Balaban J connectivity index is 0.00000529. The Morgan fingerprint density at radius 3 is 1.75 bits per heavy atom. The third-order valence-corrected chi connectivity index (χ3v) is 5.72. The summed E-state index contributed by atoms with van der Waals surface area (Å²) in [4.78, 5) is 2.36. The molecule has 0 radical (unpaired) electrons. The average molecular weight is 453 g/mol. The zero-order valence-corrected chi connectivity index (χ0v) is 19.4. The molecule has 0 unspecified atom stereocenters. The molecule has 0 aromatic rings. The fraction of sp³-hybridized carbons (Fsp3) is 0.950. The van der Waals surface area contributed by atoms with Gasteiger partial charge in [-0.05, 0) is 19.3 Å². The quantitative estimate of drug-likeness (QED) is 0.132. The van der Waals surface area contributed by atoms with E-state index in [1.807, 2.05) is 0 Å². The summed E-state index contributed by atoms with van der Waals surface area (Å²) in [5, 5.41) is 0. The van der Waals surface area contributed by atoms with Gasteiger partial charge in [0, 0.05) is 33.7 Å². The topological polar surface area (TPSA) is 3.24 Å². The van der Waals surface area contributed by atoms with E-state index in [1.165, 1.54) is 103 Å². The molecule has 1 aliphatic rings. The van der Waals surface area contributed by atoms with Crippen molar-refractivity contribution in [2.24, 2.45) is 0 Å². The molecule has 1 fully saturated rings. The van der Waals surface area contributed by atoms with E-state index in [1.54, 1.807) is 0 Å². The van der Waals surface area contributed by atoms with Crippen LogP contribution in [0.2, 0.25) is 0 Å². The average Bonchev–Trinajstić information content (AvgIpc) is 2.56. The largest absolute Gasteiger partial charge is 0.411 e. The predicted octanol–water partition coefficient (Wildman–Crippen LogP) is 6.76. The molecule has 0 spiro atoms. The van der Waals surface area contributed by atoms with Gasteiger partial charge in [-0.15, -0.1) is 0 Å². The molecule has 1 rings (SSSR count). The van der Waals surface area contributed by atoms with Gasteiger partial charge in [-0.2, -0.15) is 0 Å². The molecule has 1 saturated carbocycles. The van der Waals surface area contributed by atoms with Crippen molar-refractivity contribution in [1.29, 1.82) is 0 Å². The summed E-state index contributed by atoms with van der Waals surface area (Å²) >= 11 is 10.6. The zero-order valence-electron chi connectivity index (χ0n) is 15.8. The van der Waals surface area contributed by atoms with Gasteiger partial charge in [0.1, 0.15) is 0 Å². The summed E-state index contributed by atoms with van der Waals surface area (Å²) < 4.78 is 0.712. The summed E-state index contributed by atoms with van der Waals surface area (Å²) in [6.07, 6.45) is 22.1. The van der Waals surface area contributed by atoms with Gasteiger partial charge in [-0.3, -0.25) is 0 Å². The van der Waals surface area contributed by atoms with Gasteiger partial charge in [-0.1, -0.05) is 94.7 Å². The van der Waals surface area contributed by atoms with E-state index in [0.29, 0.717) is 10.4 Å². The number of hydrogen-bond acceptors (Lipinski definition) is 2. The van der Waals surface area contributed by atoms with Gasteiger partial charge in [0.2, 0.25) is 0 Å². The van der Waals surface area contributed by atoms with Crippen molar-refractivity contribution in [3.05, 3.63) is 0 Å². The normalized spacial score (nSPS) is 15.0. The summed E-state index contributed by atoms with van der Waals surface area (Å²) in [5.41, 5.74) is 0. The van der Waals surface area contributed by atoms with Crippen LogP contribution in [0.1, 0.15) is 110 Å². The first-order chi connectivity index (χ1) is 11.3. The van der Waals surface area contributed by atoms with Gasteiger partial charge in [0.05, 0.1) is 0 Å². The van der Waals surface area contributed by atoms with Gasteiger partial charge in [0.15, 0.2) is 0 Å². The molecule has 0 atom stereocenters. The third kappa shape index (κ3) is 12.2. The van der Waals surface area contributed by atoms with Crippen molar-refractivity contribution in [2.45, 2.75) is 116 Å². The molecule has 1 aliphatic carbocycles. The maximum atomic E-state index is 5.32. The third-order valence-electron chi connectivity index (χ3n) is 5.25. The van der Waals surface area contributed by atoms with E-state index >= 15 is 0 Å². The van der Waals surface area contributed by atoms with Gasteiger partial charge in [0.25, 0.3) is 0 Å². The maximum absolute atomic E-state index is 5.32. The fourth-order valence-corrected chi connectivity index (χ4v) is 4.24. The van der Waals surface area contributed by atoms with Crippen LogP contribution in [-0.4, -0.2) is 21.8 Å². The summed E-state index contributed by atoms with van der Waals surface area (Å²) in [7, 11) is 0. The van der Waals surface area contributed by atoms with Crippen LogP contribution in [0.3, 0.4) is 0 Å². The smallest absolute Gasteiger partial charge is 0.0274 e. The van der Waals surface area contributed by atoms with Crippen LogP contribution < -0.4 is 0 Å². The van der Waals surface area contributed by atoms with Crippen molar-refractivity contribution in [1.82, 2.24) is 4.90 Å². The first-order valence-electron chi connectivity index (χ1n) is 10.2. The van der Waals surface area contributed by atoms with Crippen molar-refractivity contribution in [2.75, 3.05) is 6.54 Å². The Morgan fingerprint density at radius 2 is 1.29 bits per heavy atom. The second-order valence-electron chi connectivity index (χ2n) is 7.29. The minimum absolute atomic E-state index is 0. The van der Waals surface area contributed by atoms with Crippen LogP contribution in [0.4, 0.5) is 0 Å². The summed E-state index contributed by atoms with van der Waals surface area (Å²) in [6, 6.07) is 0.650. The van der Waals surface area contributed by atoms with Gasteiger partial charge < -0.3 is 29.7 Å². The number of hydrogen-bond donors (Lipinski definition) is 0. The molecule has 0 heterocycles. The second kappa shape index (κ2) is 17.2. The Kier molecular flexibility index (Phi) is 17.8. The van der Waals surface area contributed by atoms with Crippen LogP contribution in [0, 0.1) is 0 Å². The van der Waals surface area contributed by atoms with Crippen LogP contribution in [0.5, 0.6) is 0 Å². The predicted molar refractivity (Wildman–Crippen MR) is 110 cm³/mol. The molecule has 142 valence electrons. The van der Waals surface area contributed by atoms with Crippen molar-refractivity contribution in [3.63, 3.8) is 0 Å². The molecule has 0 saturated heterocycles. The molecule has 0 bridgehead atoms. The number of rotatable bonds is 13. The molecule has 0 aliphatic heterocycles. The molecule has 1 nitrogen and oxygen atoms in total. The van der Waals surface area contributed by atoms with Crippen LogP contribution in [0.15, 0.2) is 0 Å². The Morgan fingerprint density at radius 1 is 0.833 bits per heavy atom. The Hall–Kier alpha value is 0.798. The molecule has 0 aromatic carbocycles. The van der Waals surface area contributed by atoms with Crippen molar-refractivity contribution in [3.8, 4) is 0 Å². The molecule has 24 heavy (non-hydrogen) atoms. The maximum Gasteiger partial charge on any atom is 0.0274 e. The van der Waals surface area contributed by atoms with Crippen molar-refractivity contribution < 1.29 is 21.1 Å². The van der Waals surface area contributed by atoms with E-state index in [0.717, 1.165) is 6.54 Å². The minimum Gasteiger partial charge on any atom is -0.411 e. The van der Waals surface area contributed by atoms with Gasteiger partial charge >= 0.3 is 0 Å². The number of thiocarbonyl (C=S) groups is 1. The fourth-order valence-electron chi connectivity index (χ4n) is 3.76. The van der Waals surface area contributed by atoms with Crippen LogP contribution in [-0.2, 0) is 33.7 Å². The molecule has 0 amide bonds. The zero-order chi connectivity index (χ0) is 16.8. The molecule has 0 N–H and O–H groups in total. The van der Waals surface area contributed by atoms with Crippen LogP contribution >= 0.6 is 12.2 Å². The first kappa shape index (κ1) is 24.8. The Bertz CT molecular complexity index is 293. The van der Waals surface area contributed by atoms with Crippen molar-refractivity contribution >= 4 is 29.2 Å².